The molecule has 1 aliphatic carbocycles. The molecular weight excluding hydrogens is 126 g/mol. The number of hydrogen-bond donors (Lipinski definition) is 1. The van der Waals surface area contributed by atoms with Crippen LogP contribution < -0.4 is 5.48 Å². The van der Waals surface area contributed by atoms with Crippen LogP contribution in [-0.4, -0.2) is 6.54 Å². The van der Waals surface area contributed by atoms with Crippen LogP contribution in [0.15, 0.2) is 24.0 Å². The maximum absolute atomic E-state index is 5.24. The molecule has 10 heavy (non-hydrogen) atoms. The van der Waals surface area contributed by atoms with E-state index in [1.165, 1.54) is 6.42 Å². The number of nitrogens with one attached hydrogen (secondary N) is 1. The zero-order valence-electron chi connectivity index (χ0n) is 5.84. The van der Waals surface area contributed by atoms with Gasteiger partial charge in [-0.2, -0.15) is 5.48 Å². The van der Waals surface area contributed by atoms with E-state index in [4.69, 9.17) is 4.84 Å². The van der Waals surface area contributed by atoms with Gasteiger partial charge in [0.05, 0.1) is 0 Å². The second-order valence-electron chi connectivity index (χ2n) is 2.71. The van der Waals surface area contributed by atoms with Crippen molar-refractivity contribution in [3.8, 4) is 0 Å². The van der Waals surface area contributed by atoms with Gasteiger partial charge in [0.15, 0.2) is 0 Å². The van der Waals surface area contributed by atoms with Crippen LogP contribution in [0.2, 0.25) is 0 Å². The van der Waals surface area contributed by atoms with Crippen molar-refractivity contribution in [1.82, 2.24) is 5.48 Å². The SMILES string of the molecule is C1=CCC2CCNOC2=C1. The topological polar surface area (TPSA) is 21.3 Å². The Bertz CT molecular complexity index is 184. The lowest BCUT2D eigenvalue weighted by atomic mass is 9.94. The molecule has 0 spiro atoms. The molecule has 0 radical (unpaired) electrons. The smallest absolute Gasteiger partial charge is 0.127 e. The molecule has 2 nitrogen and oxygen atoms in total. The lowest BCUT2D eigenvalue weighted by molar-refractivity contribution is 0.0451. The highest BCUT2D eigenvalue weighted by Crippen LogP contribution is 2.25. The minimum absolute atomic E-state index is 0.645. The monoisotopic (exact) mass is 137 g/mol. The third-order valence-corrected chi connectivity index (χ3v) is 2.00. The molecule has 2 rings (SSSR count). The average molecular weight is 137 g/mol. The zero-order chi connectivity index (χ0) is 6.81. The molecule has 1 fully saturated rings. The van der Waals surface area contributed by atoms with E-state index in [9.17, 15) is 0 Å². The van der Waals surface area contributed by atoms with Gasteiger partial charge in [-0.15, -0.1) is 0 Å². The van der Waals surface area contributed by atoms with Crippen molar-refractivity contribution in [2.75, 3.05) is 6.54 Å². The van der Waals surface area contributed by atoms with Crippen molar-refractivity contribution in [3.63, 3.8) is 0 Å². The Kier molecular flexibility index (Phi) is 1.47. The predicted molar refractivity (Wildman–Crippen MR) is 39.0 cm³/mol. The van der Waals surface area contributed by atoms with Crippen molar-refractivity contribution >= 4 is 0 Å². The summed E-state index contributed by atoms with van der Waals surface area (Å²) < 4.78 is 0. The van der Waals surface area contributed by atoms with E-state index in [2.05, 4.69) is 17.6 Å². The number of allylic oxidation sites excluding steroid dienone is 4. The van der Waals surface area contributed by atoms with Crippen molar-refractivity contribution < 1.29 is 4.84 Å². The van der Waals surface area contributed by atoms with E-state index < -0.39 is 0 Å². The highest BCUT2D eigenvalue weighted by Gasteiger charge is 2.20. The summed E-state index contributed by atoms with van der Waals surface area (Å²) in [5, 5.41) is 0. The summed E-state index contributed by atoms with van der Waals surface area (Å²) in [4.78, 5) is 5.24. The normalized spacial score (nSPS) is 30.4. The highest BCUT2D eigenvalue weighted by atomic mass is 16.6. The van der Waals surface area contributed by atoms with Gasteiger partial charge in [-0.25, -0.2) is 0 Å². The molecule has 0 aromatic heterocycles. The summed E-state index contributed by atoms with van der Waals surface area (Å²) in [5.74, 6) is 1.75. The summed E-state index contributed by atoms with van der Waals surface area (Å²) >= 11 is 0. The fraction of sp³-hybridized carbons (Fsp3) is 0.500. The molecule has 1 heterocycles. The van der Waals surface area contributed by atoms with Gasteiger partial charge in [-0.05, 0) is 18.9 Å². The van der Waals surface area contributed by atoms with Gasteiger partial charge < -0.3 is 4.84 Å². The first-order chi connectivity index (χ1) is 4.97. The van der Waals surface area contributed by atoms with Crippen LogP contribution in [0.5, 0.6) is 0 Å². The van der Waals surface area contributed by atoms with Crippen molar-refractivity contribution in [2.45, 2.75) is 12.8 Å². The Morgan fingerprint density at radius 3 is 3.50 bits per heavy atom. The maximum Gasteiger partial charge on any atom is 0.127 e. The van der Waals surface area contributed by atoms with E-state index in [1.54, 1.807) is 0 Å². The van der Waals surface area contributed by atoms with Crippen LogP contribution in [0.4, 0.5) is 0 Å². The Hall–Kier alpha value is -0.760. The van der Waals surface area contributed by atoms with Gasteiger partial charge in [-0.3, -0.25) is 0 Å². The first-order valence-electron chi connectivity index (χ1n) is 3.73. The zero-order valence-corrected chi connectivity index (χ0v) is 5.84. The molecule has 54 valence electrons. The second-order valence-corrected chi connectivity index (χ2v) is 2.71. The molecule has 0 aromatic rings. The molecule has 1 N–H and O–H groups in total. The minimum Gasteiger partial charge on any atom is -0.413 e. The summed E-state index contributed by atoms with van der Waals surface area (Å²) in [7, 11) is 0. The van der Waals surface area contributed by atoms with E-state index >= 15 is 0 Å². The molecule has 1 saturated heterocycles. The highest BCUT2D eigenvalue weighted by molar-refractivity contribution is 5.16. The van der Waals surface area contributed by atoms with E-state index in [0.29, 0.717) is 5.92 Å². The quantitative estimate of drug-likeness (QED) is 0.544. The van der Waals surface area contributed by atoms with Crippen LogP contribution in [0.25, 0.3) is 0 Å². The first-order valence-corrected chi connectivity index (χ1v) is 3.73. The van der Waals surface area contributed by atoms with Gasteiger partial charge >= 0.3 is 0 Å². The lowest BCUT2D eigenvalue weighted by Gasteiger charge is -2.26. The molecule has 2 heteroatoms. The molecule has 1 unspecified atom stereocenters. The fourth-order valence-electron chi connectivity index (χ4n) is 1.40. The number of hydrogen-bond acceptors (Lipinski definition) is 2. The molecule has 0 aromatic carbocycles. The molecule has 1 aliphatic heterocycles. The minimum atomic E-state index is 0.645. The predicted octanol–water partition coefficient (Wildman–Crippen LogP) is 1.37. The van der Waals surface area contributed by atoms with Crippen LogP contribution in [0.3, 0.4) is 0 Å². The van der Waals surface area contributed by atoms with E-state index in [1.807, 2.05) is 6.08 Å². The Morgan fingerprint density at radius 2 is 2.60 bits per heavy atom. The summed E-state index contributed by atoms with van der Waals surface area (Å²) in [6, 6.07) is 0. The Labute approximate surface area is 60.5 Å². The van der Waals surface area contributed by atoms with Crippen molar-refractivity contribution in [1.29, 1.82) is 0 Å². The Balaban J connectivity index is 2.14. The lowest BCUT2D eigenvalue weighted by Crippen LogP contribution is -2.28. The molecule has 2 aliphatic rings. The van der Waals surface area contributed by atoms with Crippen LogP contribution in [0, 0.1) is 5.92 Å². The van der Waals surface area contributed by atoms with Gasteiger partial charge in [-0.1, -0.05) is 12.2 Å². The molecular formula is C8H11NO. The van der Waals surface area contributed by atoms with Crippen molar-refractivity contribution in [2.24, 2.45) is 5.92 Å². The molecule has 0 bridgehead atoms. The third-order valence-electron chi connectivity index (χ3n) is 2.00. The van der Waals surface area contributed by atoms with E-state index in [-0.39, 0.29) is 0 Å². The van der Waals surface area contributed by atoms with Gasteiger partial charge in [0.1, 0.15) is 5.76 Å². The molecule has 0 saturated carbocycles. The van der Waals surface area contributed by atoms with Crippen molar-refractivity contribution in [3.05, 3.63) is 24.0 Å². The van der Waals surface area contributed by atoms with Gasteiger partial charge in [0.2, 0.25) is 0 Å². The standard InChI is InChI=1S/C8H11NO/c1-2-4-8-7(3-1)5-6-9-10-8/h1-2,4,7,9H,3,5-6H2. The van der Waals surface area contributed by atoms with Crippen LogP contribution in [-0.2, 0) is 4.84 Å². The fourth-order valence-corrected chi connectivity index (χ4v) is 1.40. The Morgan fingerprint density at radius 1 is 1.60 bits per heavy atom. The summed E-state index contributed by atoms with van der Waals surface area (Å²) in [6.45, 7) is 0.982. The van der Waals surface area contributed by atoms with Gasteiger partial charge in [0, 0.05) is 12.5 Å². The number of rotatable bonds is 0. The molecule has 1 atom stereocenters. The molecule has 0 amide bonds. The summed E-state index contributed by atoms with van der Waals surface area (Å²) in [5.41, 5.74) is 2.88. The first kappa shape index (κ1) is 5.98. The van der Waals surface area contributed by atoms with Gasteiger partial charge in [0.25, 0.3) is 0 Å². The largest absolute Gasteiger partial charge is 0.413 e. The van der Waals surface area contributed by atoms with Crippen LogP contribution in [0.1, 0.15) is 12.8 Å². The summed E-state index contributed by atoms with van der Waals surface area (Å²) in [6.07, 6.45) is 8.64. The number of hydroxylamine groups is 1. The number of fused-ring (bicyclic) bond motifs is 1. The van der Waals surface area contributed by atoms with Crippen LogP contribution >= 0.6 is 0 Å². The maximum atomic E-state index is 5.24. The van der Waals surface area contributed by atoms with E-state index in [0.717, 1.165) is 18.7 Å². The third kappa shape index (κ3) is 0.948. The average Bonchev–Trinajstić information content (AvgIpc) is 2.05. The second kappa shape index (κ2) is 2.46.